The maximum Gasteiger partial charge on any atom is 0.320 e. The fourth-order valence-corrected chi connectivity index (χ4v) is 4.57. The summed E-state index contributed by atoms with van der Waals surface area (Å²) in [6.07, 6.45) is 4.38. The molecule has 2 fully saturated rings. The van der Waals surface area contributed by atoms with Crippen molar-refractivity contribution in [3.05, 3.63) is 29.8 Å². The summed E-state index contributed by atoms with van der Waals surface area (Å²) >= 11 is 0. The lowest BCUT2D eigenvalue weighted by Gasteiger charge is -2.37. The van der Waals surface area contributed by atoms with E-state index in [9.17, 15) is 4.79 Å². The lowest BCUT2D eigenvalue weighted by Crippen LogP contribution is -2.52. The van der Waals surface area contributed by atoms with Gasteiger partial charge >= 0.3 is 6.03 Å². The number of likely N-dealkylation sites (tertiary alicyclic amines) is 1. The van der Waals surface area contributed by atoms with E-state index >= 15 is 0 Å². The van der Waals surface area contributed by atoms with E-state index in [-0.39, 0.29) is 11.6 Å². The Kier molecular flexibility index (Phi) is 3.51. The molecule has 1 atom stereocenters. The highest BCUT2D eigenvalue weighted by Crippen LogP contribution is 2.35. The molecule has 3 aliphatic heterocycles. The lowest BCUT2D eigenvalue weighted by molar-refractivity contribution is 0.125. The second-order valence-corrected chi connectivity index (χ2v) is 7.83. The largest absolute Gasteiger partial charge is 0.366 e. The van der Waals surface area contributed by atoms with E-state index in [1.807, 2.05) is 0 Å². The van der Waals surface area contributed by atoms with Gasteiger partial charge < -0.3 is 14.7 Å². The number of benzene rings is 1. The van der Waals surface area contributed by atoms with E-state index in [1.54, 1.807) is 0 Å². The monoisotopic (exact) mass is 313 g/mol. The van der Waals surface area contributed by atoms with Gasteiger partial charge in [0.25, 0.3) is 0 Å². The van der Waals surface area contributed by atoms with Gasteiger partial charge in [0.1, 0.15) is 0 Å². The van der Waals surface area contributed by atoms with Crippen LogP contribution in [0.1, 0.15) is 38.7 Å². The maximum absolute atomic E-state index is 13.1. The fraction of sp³-hybridized carbons (Fsp3) is 0.632. The molecule has 1 aromatic rings. The highest BCUT2D eigenvalue weighted by Gasteiger charge is 2.40. The van der Waals surface area contributed by atoms with Crippen molar-refractivity contribution in [1.29, 1.82) is 0 Å². The summed E-state index contributed by atoms with van der Waals surface area (Å²) in [7, 11) is 0. The normalized spacial score (nSPS) is 26.0. The number of amides is 2. The maximum atomic E-state index is 13.1. The highest BCUT2D eigenvalue weighted by molar-refractivity contribution is 5.76. The number of anilines is 1. The third-order valence-electron chi connectivity index (χ3n) is 5.86. The second kappa shape index (κ2) is 5.43. The first-order valence-corrected chi connectivity index (χ1v) is 8.97. The third kappa shape index (κ3) is 2.48. The van der Waals surface area contributed by atoms with Gasteiger partial charge in [-0.1, -0.05) is 18.2 Å². The Balaban J connectivity index is 1.52. The molecule has 3 aliphatic rings. The molecular formula is C19H27N3O. The average Bonchev–Trinajstić information content (AvgIpc) is 2.98. The topological polar surface area (TPSA) is 26.8 Å². The number of fused-ring (bicyclic) bond motifs is 3. The molecule has 0 N–H and O–H groups in total. The predicted octanol–water partition coefficient (Wildman–Crippen LogP) is 3.12. The SMILES string of the molecule is CC1(C)CCCN1C(=O)N1CCCN2c3ccccc3CC2C1. The highest BCUT2D eigenvalue weighted by atomic mass is 16.2. The zero-order valence-electron chi connectivity index (χ0n) is 14.3. The molecule has 0 spiro atoms. The van der Waals surface area contributed by atoms with E-state index in [1.165, 1.54) is 11.3 Å². The summed E-state index contributed by atoms with van der Waals surface area (Å²) in [5.41, 5.74) is 2.84. The Morgan fingerprint density at radius 1 is 1.13 bits per heavy atom. The average molecular weight is 313 g/mol. The molecule has 124 valence electrons. The number of urea groups is 1. The molecule has 4 nitrogen and oxygen atoms in total. The van der Waals surface area contributed by atoms with Gasteiger partial charge in [0.05, 0.1) is 6.04 Å². The number of carbonyl (C=O) groups is 1. The lowest BCUT2D eigenvalue weighted by atomic mass is 10.0. The summed E-state index contributed by atoms with van der Waals surface area (Å²) in [6, 6.07) is 9.42. The zero-order chi connectivity index (χ0) is 16.0. The molecule has 0 radical (unpaired) electrons. The standard InChI is InChI=1S/C19H27N3O/c1-19(2)9-5-12-22(19)18(23)20-10-6-11-21-16(14-20)13-15-7-3-4-8-17(15)21/h3-4,7-8,16H,5-6,9-14H2,1-2H3. The molecule has 23 heavy (non-hydrogen) atoms. The summed E-state index contributed by atoms with van der Waals surface area (Å²) in [6.45, 7) is 8.13. The Bertz CT molecular complexity index is 612. The fourth-order valence-electron chi connectivity index (χ4n) is 4.57. The first kappa shape index (κ1) is 14.9. The molecule has 4 heteroatoms. The van der Waals surface area contributed by atoms with Crippen LogP contribution in [0.15, 0.2) is 24.3 Å². The molecule has 4 rings (SSSR count). The minimum absolute atomic E-state index is 0.0156. The molecule has 0 aromatic heterocycles. The molecule has 1 unspecified atom stereocenters. The van der Waals surface area contributed by atoms with Crippen LogP contribution in [-0.4, -0.2) is 53.6 Å². The predicted molar refractivity (Wildman–Crippen MR) is 92.9 cm³/mol. The molecular weight excluding hydrogens is 286 g/mol. The van der Waals surface area contributed by atoms with Crippen LogP contribution in [0.5, 0.6) is 0 Å². The van der Waals surface area contributed by atoms with E-state index in [2.05, 4.69) is 52.8 Å². The van der Waals surface area contributed by atoms with Gasteiger partial charge in [-0.05, 0) is 51.2 Å². The van der Waals surface area contributed by atoms with Gasteiger partial charge in [0, 0.05) is 37.4 Å². The molecule has 0 bridgehead atoms. The van der Waals surface area contributed by atoms with E-state index < -0.39 is 0 Å². The van der Waals surface area contributed by atoms with Gasteiger partial charge in [0.2, 0.25) is 0 Å². The van der Waals surface area contributed by atoms with Crippen molar-refractivity contribution in [3.8, 4) is 0 Å². The Labute approximate surface area is 139 Å². The summed E-state index contributed by atoms with van der Waals surface area (Å²) in [5.74, 6) is 0. The zero-order valence-corrected chi connectivity index (χ0v) is 14.3. The quantitative estimate of drug-likeness (QED) is 0.736. The van der Waals surface area contributed by atoms with Crippen molar-refractivity contribution in [2.45, 2.75) is 51.1 Å². The number of carbonyl (C=O) groups excluding carboxylic acids is 1. The molecule has 2 saturated heterocycles. The molecule has 2 amide bonds. The van der Waals surface area contributed by atoms with Crippen molar-refractivity contribution in [2.75, 3.05) is 31.1 Å². The van der Waals surface area contributed by atoms with Crippen LogP contribution in [0.3, 0.4) is 0 Å². The van der Waals surface area contributed by atoms with Crippen LogP contribution < -0.4 is 4.90 Å². The summed E-state index contributed by atoms with van der Waals surface area (Å²) in [4.78, 5) is 19.8. The van der Waals surface area contributed by atoms with Crippen LogP contribution in [0, 0.1) is 0 Å². The Hall–Kier alpha value is -1.71. The smallest absolute Gasteiger partial charge is 0.320 e. The Morgan fingerprint density at radius 3 is 2.74 bits per heavy atom. The first-order valence-electron chi connectivity index (χ1n) is 8.97. The summed E-state index contributed by atoms with van der Waals surface area (Å²) < 4.78 is 0. The van der Waals surface area contributed by atoms with Crippen molar-refractivity contribution in [1.82, 2.24) is 9.80 Å². The molecule has 0 saturated carbocycles. The van der Waals surface area contributed by atoms with Gasteiger partial charge in [-0.25, -0.2) is 4.79 Å². The van der Waals surface area contributed by atoms with Gasteiger partial charge in [0.15, 0.2) is 0 Å². The minimum Gasteiger partial charge on any atom is -0.366 e. The molecule has 1 aromatic carbocycles. The van der Waals surface area contributed by atoms with Gasteiger partial charge in [-0.2, -0.15) is 0 Å². The van der Waals surface area contributed by atoms with Crippen molar-refractivity contribution >= 4 is 11.7 Å². The number of rotatable bonds is 0. The van der Waals surface area contributed by atoms with Crippen LogP contribution in [0.2, 0.25) is 0 Å². The number of hydrogen-bond donors (Lipinski definition) is 0. The molecule has 0 aliphatic carbocycles. The minimum atomic E-state index is 0.0156. The first-order chi connectivity index (χ1) is 11.1. The van der Waals surface area contributed by atoms with Crippen molar-refractivity contribution in [3.63, 3.8) is 0 Å². The van der Waals surface area contributed by atoms with Crippen molar-refractivity contribution < 1.29 is 4.79 Å². The van der Waals surface area contributed by atoms with Crippen LogP contribution in [0.25, 0.3) is 0 Å². The second-order valence-electron chi connectivity index (χ2n) is 7.83. The Morgan fingerprint density at radius 2 is 1.96 bits per heavy atom. The number of para-hydroxylation sites is 1. The number of hydrogen-bond acceptors (Lipinski definition) is 2. The van der Waals surface area contributed by atoms with Crippen molar-refractivity contribution in [2.24, 2.45) is 0 Å². The third-order valence-corrected chi connectivity index (χ3v) is 5.86. The van der Waals surface area contributed by atoms with Crippen LogP contribution in [-0.2, 0) is 6.42 Å². The van der Waals surface area contributed by atoms with Crippen LogP contribution >= 0.6 is 0 Å². The van der Waals surface area contributed by atoms with Crippen LogP contribution in [0.4, 0.5) is 10.5 Å². The molecule has 3 heterocycles. The number of nitrogens with zero attached hydrogens (tertiary/aromatic N) is 3. The summed E-state index contributed by atoms with van der Waals surface area (Å²) in [5, 5.41) is 0. The van der Waals surface area contributed by atoms with E-state index in [0.717, 1.165) is 51.9 Å². The van der Waals surface area contributed by atoms with Gasteiger partial charge in [-0.3, -0.25) is 0 Å². The van der Waals surface area contributed by atoms with E-state index in [0.29, 0.717) is 6.04 Å². The van der Waals surface area contributed by atoms with E-state index in [4.69, 9.17) is 0 Å². The van der Waals surface area contributed by atoms with Gasteiger partial charge in [-0.15, -0.1) is 0 Å².